The average Bonchev–Trinajstić information content (AvgIpc) is 3.27. The Morgan fingerprint density at radius 3 is 2.88 bits per heavy atom. The number of hydrogen-bond donors (Lipinski definition) is 1. The van der Waals surface area contributed by atoms with E-state index in [9.17, 15) is 13.2 Å². The van der Waals surface area contributed by atoms with Crippen molar-refractivity contribution in [2.24, 2.45) is 5.92 Å². The highest BCUT2D eigenvalue weighted by Gasteiger charge is 2.48. The number of nitrogens with zero attached hydrogens (tertiary/aromatic N) is 3. The number of amides is 1. The summed E-state index contributed by atoms with van der Waals surface area (Å²) in [6.45, 7) is 3.39. The topological polar surface area (TPSA) is 92.3 Å². The van der Waals surface area contributed by atoms with Gasteiger partial charge in [0.15, 0.2) is 9.84 Å². The molecule has 1 N–H and O–H groups in total. The summed E-state index contributed by atoms with van der Waals surface area (Å²) in [7, 11) is -3.27. The van der Waals surface area contributed by atoms with Crippen molar-refractivity contribution in [2.75, 3.05) is 25.0 Å². The lowest BCUT2D eigenvalue weighted by molar-refractivity contribution is -0.129. The molecule has 0 bridgehead atoms. The van der Waals surface area contributed by atoms with Crippen LogP contribution in [-0.2, 0) is 20.4 Å². The summed E-state index contributed by atoms with van der Waals surface area (Å²) in [4.78, 5) is 22.6. The number of aromatic nitrogens is 2. The maximum absolute atomic E-state index is 12.6. The van der Waals surface area contributed by atoms with E-state index in [1.165, 1.54) is 12.8 Å². The zero-order valence-corrected chi connectivity index (χ0v) is 14.6. The molecule has 0 aromatic carbocycles. The summed E-state index contributed by atoms with van der Waals surface area (Å²) < 4.78 is 25.2. The van der Waals surface area contributed by atoms with Gasteiger partial charge in [-0.05, 0) is 18.8 Å². The molecule has 1 aromatic heterocycles. The number of carbonyl (C=O) groups is 1. The van der Waals surface area contributed by atoms with Gasteiger partial charge in [0.05, 0.1) is 16.7 Å². The smallest absolute Gasteiger partial charge is 0.222 e. The molecule has 2 atom stereocenters. The van der Waals surface area contributed by atoms with Gasteiger partial charge >= 0.3 is 0 Å². The van der Waals surface area contributed by atoms with Crippen LogP contribution in [0.1, 0.15) is 43.4 Å². The molecule has 24 heavy (non-hydrogen) atoms. The van der Waals surface area contributed by atoms with Crippen LogP contribution in [0, 0.1) is 5.92 Å². The van der Waals surface area contributed by atoms with Crippen molar-refractivity contribution in [3.63, 3.8) is 0 Å². The molecule has 2 aliphatic heterocycles. The highest BCUT2D eigenvalue weighted by Crippen LogP contribution is 2.39. The number of sulfone groups is 1. The minimum Gasteiger partial charge on any atom is -0.354 e. The first-order valence-electron chi connectivity index (χ1n) is 8.57. The van der Waals surface area contributed by atoms with E-state index in [1.54, 1.807) is 18.0 Å². The predicted molar refractivity (Wildman–Crippen MR) is 89.3 cm³/mol. The summed E-state index contributed by atoms with van der Waals surface area (Å²) >= 11 is 0. The number of hydrogen-bond acceptors (Lipinski definition) is 6. The maximum Gasteiger partial charge on any atom is 0.222 e. The van der Waals surface area contributed by atoms with E-state index < -0.39 is 15.1 Å². The monoisotopic (exact) mass is 350 g/mol. The second kappa shape index (κ2) is 5.68. The molecular formula is C16H22N4O3S. The van der Waals surface area contributed by atoms with Gasteiger partial charge in [0.25, 0.3) is 0 Å². The van der Waals surface area contributed by atoms with Crippen LogP contribution in [0.15, 0.2) is 6.20 Å². The van der Waals surface area contributed by atoms with Gasteiger partial charge in [0.2, 0.25) is 11.9 Å². The fourth-order valence-electron chi connectivity index (χ4n) is 3.65. The molecule has 7 nitrogen and oxygen atoms in total. The van der Waals surface area contributed by atoms with Crippen molar-refractivity contribution in [1.82, 2.24) is 14.9 Å². The molecule has 3 aliphatic rings. The fraction of sp³-hybridized carbons (Fsp3) is 0.688. The fourth-order valence-corrected chi connectivity index (χ4v) is 5.64. The van der Waals surface area contributed by atoms with E-state index in [0.717, 1.165) is 12.2 Å². The molecule has 130 valence electrons. The molecule has 0 spiro atoms. The number of fused-ring (bicyclic) bond motifs is 3. The average molecular weight is 350 g/mol. The van der Waals surface area contributed by atoms with Crippen LogP contribution in [0.5, 0.6) is 0 Å². The zero-order chi connectivity index (χ0) is 16.9. The Hall–Kier alpha value is -1.70. The predicted octanol–water partition coefficient (Wildman–Crippen LogP) is 0.931. The van der Waals surface area contributed by atoms with Crippen LogP contribution in [0.3, 0.4) is 0 Å². The van der Waals surface area contributed by atoms with Gasteiger partial charge in [0.1, 0.15) is 0 Å². The number of rotatable bonds is 4. The molecular weight excluding hydrogens is 328 g/mol. The largest absolute Gasteiger partial charge is 0.354 e. The third kappa shape index (κ3) is 2.76. The van der Waals surface area contributed by atoms with Crippen molar-refractivity contribution in [2.45, 2.75) is 43.1 Å². The second-order valence-corrected chi connectivity index (χ2v) is 9.25. The summed E-state index contributed by atoms with van der Waals surface area (Å²) in [5.41, 5.74) is 1.48. The Balaban J connectivity index is 1.64. The van der Waals surface area contributed by atoms with Gasteiger partial charge in [-0.25, -0.2) is 18.4 Å². The first kappa shape index (κ1) is 15.8. The zero-order valence-electron chi connectivity index (χ0n) is 13.7. The van der Waals surface area contributed by atoms with Crippen molar-refractivity contribution in [3.8, 4) is 0 Å². The molecule has 1 aromatic rings. The van der Waals surface area contributed by atoms with Crippen LogP contribution in [0.4, 0.5) is 5.95 Å². The molecule has 0 unspecified atom stereocenters. The number of carbonyl (C=O) groups excluding carboxylic acids is 1. The molecule has 3 heterocycles. The number of likely N-dealkylation sites (tertiary alicyclic amines) is 1. The van der Waals surface area contributed by atoms with Gasteiger partial charge in [-0.3, -0.25) is 4.79 Å². The van der Waals surface area contributed by atoms with Crippen molar-refractivity contribution in [3.05, 3.63) is 17.5 Å². The third-order valence-corrected chi connectivity index (χ3v) is 7.35. The SMILES string of the molecule is CCC(=O)N1C[C@@H]2c3nc(NCC4CC4)ncc3CS(=O)(=O)[C@@H]2C1. The van der Waals surface area contributed by atoms with E-state index in [2.05, 4.69) is 15.3 Å². The summed E-state index contributed by atoms with van der Waals surface area (Å²) in [5, 5.41) is 2.71. The van der Waals surface area contributed by atoms with Crippen LogP contribution in [0.2, 0.25) is 0 Å². The first-order valence-corrected chi connectivity index (χ1v) is 10.3. The van der Waals surface area contributed by atoms with E-state index in [1.807, 2.05) is 0 Å². The molecule has 2 fully saturated rings. The highest BCUT2D eigenvalue weighted by molar-refractivity contribution is 7.91. The Bertz CT molecular complexity index is 776. The highest BCUT2D eigenvalue weighted by atomic mass is 32.2. The summed E-state index contributed by atoms with van der Waals surface area (Å²) in [6, 6.07) is 0. The van der Waals surface area contributed by atoms with E-state index >= 15 is 0 Å². The second-order valence-electron chi connectivity index (χ2n) is 7.03. The molecule has 8 heteroatoms. The van der Waals surface area contributed by atoms with Gasteiger partial charge in [0, 0.05) is 43.7 Å². The number of anilines is 1. The molecule has 1 aliphatic carbocycles. The Kier molecular flexibility index (Phi) is 3.74. The lowest BCUT2D eigenvalue weighted by Gasteiger charge is -2.26. The summed E-state index contributed by atoms with van der Waals surface area (Å²) in [6.07, 6.45) is 4.52. The van der Waals surface area contributed by atoms with E-state index in [0.29, 0.717) is 30.4 Å². The van der Waals surface area contributed by atoms with Crippen LogP contribution >= 0.6 is 0 Å². The van der Waals surface area contributed by atoms with Crippen LogP contribution < -0.4 is 5.32 Å². The lowest BCUT2D eigenvalue weighted by atomic mass is 10.00. The normalized spacial score (nSPS) is 27.5. The third-order valence-electron chi connectivity index (χ3n) is 5.23. The van der Waals surface area contributed by atoms with E-state index in [4.69, 9.17) is 0 Å². The van der Waals surface area contributed by atoms with E-state index in [-0.39, 0.29) is 24.1 Å². The molecule has 0 radical (unpaired) electrons. The minimum atomic E-state index is -3.27. The lowest BCUT2D eigenvalue weighted by Crippen LogP contribution is -2.35. The summed E-state index contributed by atoms with van der Waals surface area (Å²) in [5.74, 6) is 1.02. The molecule has 1 saturated heterocycles. The molecule has 4 rings (SSSR count). The van der Waals surface area contributed by atoms with Crippen molar-refractivity contribution >= 4 is 21.7 Å². The van der Waals surface area contributed by atoms with Crippen LogP contribution in [-0.4, -0.2) is 54.1 Å². The van der Waals surface area contributed by atoms with Crippen molar-refractivity contribution < 1.29 is 13.2 Å². The minimum absolute atomic E-state index is 0.00212. The van der Waals surface area contributed by atoms with Gasteiger partial charge < -0.3 is 10.2 Å². The Labute approximate surface area is 141 Å². The van der Waals surface area contributed by atoms with Crippen molar-refractivity contribution in [1.29, 1.82) is 0 Å². The Morgan fingerprint density at radius 1 is 1.38 bits per heavy atom. The molecule has 1 saturated carbocycles. The standard InChI is InChI=1S/C16H22N4O3S/c1-2-14(21)20-7-12-13(8-20)24(22,23)9-11-6-18-16(19-15(11)12)17-5-10-3-4-10/h6,10,12-13H,2-5,7-9H2,1H3,(H,17,18,19)/t12-,13+/m0/s1. The first-order chi connectivity index (χ1) is 11.5. The van der Waals surface area contributed by atoms with Gasteiger partial charge in [-0.2, -0.15) is 0 Å². The van der Waals surface area contributed by atoms with Crippen LogP contribution in [0.25, 0.3) is 0 Å². The maximum atomic E-state index is 12.6. The Morgan fingerprint density at radius 2 is 2.17 bits per heavy atom. The number of nitrogens with one attached hydrogen (secondary N) is 1. The quantitative estimate of drug-likeness (QED) is 0.868. The molecule has 1 amide bonds. The van der Waals surface area contributed by atoms with Gasteiger partial charge in [-0.15, -0.1) is 0 Å². The van der Waals surface area contributed by atoms with Gasteiger partial charge in [-0.1, -0.05) is 6.92 Å².